The molecule has 1 aromatic heterocycles. The highest BCUT2D eigenvalue weighted by atomic mass is 19.1. The van der Waals surface area contributed by atoms with Gasteiger partial charge < -0.3 is 9.84 Å². The van der Waals surface area contributed by atoms with Crippen LogP contribution in [-0.4, -0.2) is 45.5 Å². The van der Waals surface area contributed by atoms with Crippen molar-refractivity contribution >= 4 is 17.3 Å². The predicted molar refractivity (Wildman–Crippen MR) is 115 cm³/mol. The van der Waals surface area contributed by atoms with Gasteiger partial charge in [0.1, 0.15) is 5.82 Å². The number of non-ortho nitro benzene ring substituents is 1. The number of hydrogen-bond acceptors (Lipinski definition) is 7. The van der Waals surface area contributed by atoms with Gasteiger partial charge in [0, 0.05) is 29.9 Å². The van der Waals surface area contributed by atoms with Gasteiger partial charge in [0.15, 0.2) is 0 Å². The molecule has 4 rings (SSSR count). The summed E-state index contributed by atoms with van der Waals surface area (Å²) < 4.78 is 18.6. The lowest BCUT2D eigenvalue weighted by Gasteiger charge is -2.30. The van der Waals surface area contributed by atoms with Crippen LogP contribution in [0.3, 0.4) is 0 Å². The van der Waals surface area contributed by atoms with Crippen molar-refractivity contribution in [2.75, 3.05) is 25.0 Å². The molecular formula is C22H22FN5O4. The van der Waals surface area contributed by atoms with Gasteiger partial charge in [-0.25, -0.2) is 4.39 Å². The minimum Gasteiger partial charge on any atom is -0.339 e. The molecule has 2 aromatic carbocycles. The average Bonchev–Trinajstić information content (AvgIpc) is 3.26. The molecule has 1 aliphatic rings. The minimum absolute atomic E-state index is 0.000593. The van der Waals surface area contributed by atoms with Crippen LogP contribution in [0.2, 0.25) is 0 Å². The quantitative estimate of drug-likeness (QED) is 0.457. The number of piperidine rings is 1. The van der Waals surface area contributed by atoms with Crippen LogP contribution in [0.25, 0.3) is 11.4 Å². The topological polar surface area (TPSA) is 114 Å². The number of nitrogens with one attached hydrogen (secondary N) is 1. The van der Waals surface area contributed by atoms with E-state index in [9.17, 15) is 19.3 Å². The van der Waals surface area contributed by atoms with Gasteiger partial charge >= 0.3 is 0 Å². The maximum atomic E-state index is 13.1. The molecule has 1 amide bonds. The highest BCUT2D eigenvalue weighted by molar-refractivity contribution is 5.93. The van der Waals surface area contributed by atoms with Crippen LogP contribution in [0.4, 0.5) is 15.8 Å². The summed E-state index contributed by atoms with van der Waals surface area (Å²) in [5.74, 6) is 0.381. The molecule has 9 nitrogen and oxygen atoms in total. The number of nitro groups is 1. The van der Waals surface area contributed by atoms with Crippen LogP contribution < -0.4 is 5.32 Å². The molecule has 1 N–H and O–H groups in total. The Labute approximate surface area is 183 Å². The van der Waals surface area contributed by atoms with Crippen LogP contribution in [0.1, 0.15) is 30.2 Å². The summed E-state index contributed by atoms with van der Waals surface area (Å²) in [6, 6.07) is 10.2. The number of likely N-dealkylation sites (tertiary alicyclic amines) is 1. The van der Waals surface area contributed by atoms with Crippen molar-refractivity contribution in [3.8, 4) is 11.4 Å². The zero-order valence-corrected chi connectivity index (χ0v) is 17.5. The Kier molecular flexibility index (Phi) is 6.22. The molecule has 1 atom stereocenters. The van der Waals surface area contributed by atoms with Crippen molar-refractivity contribution in [1.29, 1.82) is 0 Å². The zero-order chi connectivity index (χ0) is 22.7. The smallest absolute Gasteiger partial charge is 0.269 e. The summed E-state index contributed by atoms with van der Waals surface area (Å²) in [5.41, 5.74) is 1.84. The number of aromatic nitrogens is 2. The summed E-state index contributed by atoms with van der Waals surface area (Å²) in [7, 11) is 0. The summed E-state index contributed by atoms with van der Waals surface area (Å²) in [5, 5.41) is 17.7. The van der Waals surface area contributed by atoms with Crippen molar-refractivity contribution < 1.29 is 18.6 Å². The van der Waals surface area contributed by atoms with E-state index < -0.39 is 4.92 Å². The lowest BCUT2D eigenvalue weighted by atomic mass is 9.98. The molecule has 1 saturated heterocycles. The molecule has 1 unspecified atom stereocenters. The molecule has 0 spiro atoms. The number of nitrogens with zero attached hydrogens (tertiary/aromatic N) is 4. The Balaban J connectivity index is 1.36. The van der Waals surface area contributed by atoms with E-state index in [1.165, 1.54) is 24.3 Å². The molecular weight excluding hydrogens is 417 g/mol. The number of carbonyl (C=O) groups is 1. The van der Waals surface area contributed by atoms with E-state index in [1.807, 2.05) is 4.90 Å². The third-order valence-corrected chi connectivity index (χ3v) is 5.46. The van der Waals surface area contributed by atoms with Crippen molar-refractivity contribution in [3.05, 3.63) is 69.9 Å². The van der Waals surface area contributed by atoms with Gasteiger partial charge in [-0.1, -0.05) is 5.16 Å². The van der Waals surface area contributed by atoms with Crippen LogP contribution in [-0.2, 0) is 4.79 Å². The maximum Gasteiger partial charge on any atom is 0.269 e. The van der Waals surface area contributed by atoms with Gasteiger partial charge in [0.2, 0.25) is 17.6 Å². The first-order chi connectivity index (χ1) is 15.4. The molecule has 32 heavy (non-hydrogen) atoms. The SMILES string of the molecule is Cc1cc([N+](=O)[O-])ccc1NC(=O)CN1CCCC(c2nc(-c3ccc(F)cc3)no2)C1. The van der Waals surface area contributed by atoms with E-state index in [1.54, 1.807) is 25.1 Å². The molecule has 0 saturated carbocycles. The average molecular weight is 439 g/mol. The van der Waals surface area contributed by atoms with Gasteiger partial charge in [-0.15, -0.1) is 0 Å². The first-order valence-corrected chi connectivity index (χ1v) is 10.3. The first kappa shape index (κ1) is 21.6. The van der Waals surface area contributed by atoms with Crippen molar-refractivity contribution in [3.63, 3.8) is 0 Å². The molecule has 10 heteroatoms. The number of rotatable bonds is 6. The largest absolute Gasteiger partial charge is 0.339 e. The van der Waals surface area contributed by atoms with Crippen LogP contribution >= 0.6 is 0 Å². The van der Waals surface area contributed by atoms with E-state index >= 15 is 0 Å². The number of hydrogen-bond donors (Lipinski definition) is 1. The van der Waals surface area contributed by atoms with Crippen molar-refractivity contribution in [1.82, 2.24) is 15.0 Å². The fraction of sp³-hybridized carbons (Fsp3) is 0.318. The Morgan fingerprint density at radius 3 is 2.81 bits per heavy atom. The fourth-order valence-electron chi connectivity index (χ4n) is 3.81. The van der Waals surface area contributed by atoms with E-state index in [4.69, 9.17) is 4.52 Å². The van der Waals surface area contributed by atoms with E-state index in [0.29, 0.717) is 35.1 Å². The lowest BCUT2D eigenvalue weighted by Crippen LogP contribution is -2.39. The van der Waals surface area contributed by atoms with Crippen molar-refractivity contribution in [2.45, 2.75) is 25.7 Å². The standard InChI is InChI=1S/C22H22FN5O4/c1-14-11-18(28(30)31)8-9-19(14)24-20(29)13-27-10-2-3-16(12-27)22-25-21(26-32-22)15-4-6-17(23)7-5-15/h4-9,11,16H,2-3,10,12-13H2,1H3,(H,24,29). The zero-order valence-electron chi connectivity index (χ0n) is 17.5. The molecule has 1 aliphatic heterocycles. The number of benzene rings is 2. The molecule has 1 fully saturated rings. The molecule has 2 heterocycles. The first-order valence-electron chi connectivity index (χ1n) is 10.3. The van der Waals surface area contributed by atoms with Gasteiger partial charge in [-0.2, -0.15) is 4.98 Å². The third kappa shape index (κ3) is 4.97. The van der Waals surface area contributed by atoms with Crippen molar-refractivity contribution in [2.24, 2.45) is 0 Å². The fourth-order valence-corrected chi connectivity index (χ4v) is 3.81. The van der Waals surface area contributed by atoms with E-state index in [-0.39, 0.29) is 29.9 Å². The Hall–Kier alpha value is -3.66. The molecule has 0 aliphatic carbocycles. The minimum atomic E-state index is -0.467. The maximum absolute atomic E-state index is 13.1. The Morgan fingerprint density at radius 2 is 2.09 bits per heavy atom. The number of halogens is 1. The summed E-state index contributed by atoms with van der Waals surface area (Å²) in [6.45, 7) is 3.26. The highest BCUT2D eigenvalue weighted by Crippen LogP contribution is 2.28. The van der Waals surface area contributed by atoms with Gasteiger partial charge in [-0.3, -0.25) is 19.8 Å². The second-order valence-corrected chi connectivity index (χ2v) is 7.84. The molecule has 3 aromatic rings. The van der Waals surface area contributed by atoms with E-state index in [0.717, 1.165) is 19.4 Å². The van der Waals surface area contributed by atoms with E-state index in [2.05, 4.69) is 15.5 Å². The normalized spacial score (nSPS) is 16.6. The number of aryl methyl sites for hydroxylation is 1. The molecule has 166 valence electrons. The summed E-state index contributed by atoms with van der Waals surface area (Å²) in [6.07, 6.45) is 1.74. The number of nitro benzene ring substituents is 1. The summed E-state index contributed by atoms with van der Waals surface area (Å²) >= 11 is 0. The molecule has 0 radical (unpaired) electrons. The molecule has 0 bridgehead atoms. The number of carbonyl (C=O) groups excluding carboxylic acids is 1. The second kappa shape index (κ2) is 9.23. The summed E-state index contributed by atoms with van der Waals surface area (Å²) in [4.78, 5) is 29.4. The Morgan fingerprint density at radius 1 is 1.31 bits per heavy atom. The predicted octanol–water partition coefficient (Wildman–Crippen LogP) is 3.91. The van der Waals surface area contributed by atoms with Gasteiger partial charge in [-0.05, 0) is 62.2 Å². The third-order valence-electron chi connectivity index (χ3n) is 5.46. The van der Waals surface area contributed by atoms with Gasteiger partial charge in [0.05, 0.1) is 17.4 Å². The Bertz CT molecular complexity index is 1130. The highest BCUT2D eigenvalue weighted by Gasteiger charge is 2.27. The lowest BCUT2D eigenvalue weighted by molar-refractivity contribution is -0.384. The monoisotopic (exact) mass is 439 g/mol. The van der Waals surface area contributed by atoms with Crippen LogP contribution in [0, 0.1) is 22.9 Å². The van der Waals surface area contributed by atoms with Crippen LogP contribution in [0.15, 0.2) is 47.0 Å². The number of anilines is 1. The number of amides is 1. The van der Waals surface area contributed by atoms with Gasteiger partial charge in [0.25, 0.3) is 5.69 Å². The van der Waals surface area contributed by atoms with Crippen LogP contribution in [0.5, 0.6) is 0 Å². The second-order valence-electron chi connectivity index (χ2n) is 7.84.